The van der Waals surface area contributed by atoms with E-state index < -0.39 is 19.8 Å². The van der Waals surface area contributed by atoms with Crippen molar-refractivity contribution in [1.82, 2.24) is 29.5 Å². The molecule has 0 radical (unpaired) electrons. The third-order valence-corrected chi connectivity index (χ3v) is 7.76. The molecule has 1 atom stereocenters. The maximum absolute atomic E-state index is 14.1. The number of carbonyl (C=O) groups excluding carboxylic acids is 2. The molecule has 2 aromatic heterocycles. The molecule has 0 bridgehead atoms. The number of rotatable bonds is 11. The number of ether oxygens (including phenoxy) is 1. The third-order valence-electron chi connectivity index (χ3n) is 5.76. The topological polar surface area (TPSA) is 118 Å². The minimum absolute atomic E-state index is 0.00990. The van der Waals surface area contributed by atoms with Gasteiger partial charge in [0.05, 0.1) is 17.3 Å². The minimum atomic E-state index is -1.27. The van der Waals surface area contributed by atoms with Crippen molar-refractivity contribution in [2.75, 3.05) is 20.7 Å². The van der Waals surface area contributed by atoms with Gasteiger partial charge in [-0.05, 0) is 31.2 Å². The number of nitriles is 1. The molecule has 1 aromatic carbocycles. The smallest absolute Gasteiger partial charge is 0.289 e. The molecule has 2 heterocycles. The Labute approximate surface area is 233 Å². The Balaban J connectivity index is 1.67. The molecule has 3 rings (SSSR count). The molecule has 10 nitrogen and oxygen atoms in total. The summed E-state index contributed by atoms with van der Waals surface area (Å²) in [6.07, 6.45) is 3.21. The van der Waals surface area contributed by atoms with Crippen LogP contribution >= 0.6 is 11.6 Å². The van der Waals surface area contributed by atoms with E-state index in [1.807, 2.05) is 0 Å². The van der Waals surface area contributed by atoms with E-state index in [-0.39, 0.29) is 40.8 Å². The van der Waals surface area contributed by atoms with Gasteiger partial charge in [0.25, 0.3) is 11.8 Å². The van der Waals surface area contributed by atoms with Crippen molar-refractivity contribution >= 4 is 31.5 Å². The van der Waals surface area contributed by atoms with E-state index >= 15 is 0 Å². The maximum Gasteiger partial charge on any atom is 0.289 e. The first-order chi connectivity index (χ1) is 18.3. The zero-order chi connectivity index (χ0) is 28.9. The number of nitrogens with zero attached hydrogens (tertiary/aromatic N) is 6. The van der Waals surface area contributed by atoms with Crippen LogP contribution < -0.4 is 5.32 Å². The number of aromatic nitrogens is 4. The van der Waals surface area contributed by atoms with Gasteiger partial charge in [-0.3, -0.25) is 14.3 Å². The van der Waals surface area contributed by atoms with E-state index in [4.69, 9.17) is 21.6 Å². The lowest BCUT2D eigenvalue weighted by atomic mass is 10.1. The number of imidazole rings is 1. The van der Waals surface area contributed by atoms with Gasteiger partial charge in [0, 0.05) is 52.8 Å². The van der Waals surface area contributed by atoms with Crippen LogP contribution in [0.5, 0.6) is 0 Å². The Kier molecular flexibility index (Phi) is 9.66. The lowest BCUT2D eigenvalue weighted by Crippen LogP contribution is -2.36. The van der Waals surface area contributed by atoms with Gasteiger partial charge in [0.1, 0.15) is 29.9 Å². The molecule has 0 aliphatic heterocycles. The predicted molar refractivity (Wildman–Crippen MR) is 149 cm³/mol. The summed E-state index contributed by atoms with van der Waals surface area (Å²) in [5, 5.41) is 16.3. The molecule has 1 N–H and O–H groups in total. The van der Waals surface area contributed by atoms with Gasteiger partial charge in [-0.2, -0.15) is 10.4 Å². The number of amides is 2. The Hall–Kier alpha value is -3.53. The van der Waals surface area contributed by atoms with Crippen molar-refractivity contribution in [3.05, 3.63) is 58.5 Å². The Morgan fingerprint density at radius 2 is 2.03 bits per heavy atom. The van der Waals surface area contributed by atoms with Gasteiger partial charge in [0.15, 0.2) is 0 Å². The highest BCUT2D eigenvalue weighted by Crippen LogP contribution is 2.26. The van der Waals surface area contributed by atoms with Crippen LogP contribution in [0.3, 0.4) is 0 Å². The molecular formula is C26H33ClFN7O3Si. The largest absolute Gasteiger partial charge is 0.361 e. The number of hydrogen-bond acceptors (Lipinski definition) is 6. The van der Waals surface area contributed by atoms with E-state index in [1.165, 1.54) is 23.2 Å². The van der Waals surface area contributed by atoms with E-state index in [0.717, 1.165) is 6.04 Å². The summed E-state index contributed by atoms with van der Waals surface area (Å²) in [7, 11) is 1.97. The number of halogens is 2. The Bertz CT molecular complexity index is 1370. The van der Waals surface area contributed by atoms with E-state index in [9.17, 15) is 14.0 Å². The molecule has 208 valence electrons. The van der Waals surface area contributed by atoms with Crippen LogP contribution in [0.15, 0.2) is 30.6 Å². The fourth-order valence-electron chi connectivity index (χ4n) is 3.60. The monoisotopic (exact) mass is 573 g/mol. The first-order valence-corrected chi connectivity index (χ1v) is 16.5. The molecule has 39 heavy (non-hydrogen) atoms. The average Bonchev–Trinajstić information content (AvgIpc) is 3.48. The van der Waals surface area contributed by atoms with Gasteiger partial charge >= 0.3 is 0 Å². The fourth-order valence-corrected chi connectivity index (χ4v) is 4.61. The van der Waals surface area contributed by atoms with Crippen molar-refractivity contribution < 1.29 is 18.7 Å². The number of hydrogen-bond donors (Lipinski definition) is 1. The van der Waals surface area contributed by atoms with Crippen molar-refractivity contribution in [2.24, 2.45) is 0 Å². The Morgan fingerprint density at radius 1 is 1.31 bits per heavy atom. The summed E-state index contributed by atoms with van der Waals surface area (Å²) < 4.78 is 23.1. The lowest BCUT2D eigenvalue weighted by Gasteiger charge is -2.16. The summed E-state index contributed by atoms with van der Waals surface area (Å²) in [6, 6.07) is 6.74. The highest BCUT2D eigenvalue weighted by atomic mass is 35.5. The van der Waals surface area contributed by atoms with E-state index in [1.54, 1.807) is 48.6 Å². The van der Waals surface area contributed by atoms with Gasteiger partial charge in [-0.1, -0.05) is 31.2 Å². The molecular weight excluding hydrogens is 541 g/mol. The number of benzene rings is 1. The van der Waals surface area contributed by atoms with Gasteiger partial charge in [-0.25, -0.2) is 9.37 Å². The summed E-state index contributed by atoms with van der Waals surface area (Å²) in [5.41, 5.74) is 0.790. The molecule has 1 unspecified atom stereocenters. The molecule has 13 heteroatoms. The van der Waals surface area contributed by atoms with E-state index in [0.29, 0.717) is 24.4 Å². The summed E-state index contributed by atoms with van der Waals surface area (Å²) in [6.45, 7) is 9.57. The van der Waals surface area contributed by atoms with Crippen molar-refractivity contribution in [2.45, 2.75) is 51.9 Å². The maximum atomic E-state index is 14.1. The first-order valence-electron chi connectivity index (χ1n) is 12.4. The second-order valence-corrected chi connectivity index (χ2v) is 16.7. The second-order valence-electron chi connectivity index (χ2n) is 10.7. The van der Waals surface area contributed by atoms with Gasteiger partial charge in [-0.15, -0.1) is 0 Å². The Morgan fingerprint density at radius 3 is 2.64 bits per heavy atom. The lowest BCUT2D eigenvalue weighted by molar-refractivity contribution is 0.0714. The minimum Gasteiger partial charge on any atom is -0.361 e. The molecule has 0 saturated carbocycles. The predicted octanol–water partition coefficient (Wildman–Crippen LogP) is 4.24. The highest BCUT2D eigenvalue weighted by molar-refractivity contribution is 6.76. The summed E-state index contributed by atoms with van der Waals surface area (Å²) in [4.78, 5) is 31.3. The normalized spacial score (nSPS) is 12.2. The number of nitrogens with one attached hydrogen (secondary N) is 1. The van der Waals surface area contributed by atoms with Crippen LogP contribution in [0.2, 0.25) is 30.7 Å². The van der Waals surface area contributed by atoms with Crippen LogP contribution in [-0.4, -0.2) is 70.9 Å². The molecule has 0 aliphatic rings. The van der Waals surface area contributed by atoms with Crippen LogP contribution in [0.1, 0.15) is 33.6 Å². The quantitative estimate of drug-likeness (QED) is 0.271. The van der Waals surface area contributed by atoms with Crippen LogP contribution in [0.4, 0.5) is 4.39 Å². The molecule has 3 aromatic rings. The third kappa shape index (κ3) is 7.98. The molecule has 2 amide bonds. The van der Waals surface area contributed by atoms with Crippen LogP contribution in [0, 0.1) is 17.1 Å². The summed E-state index contributed by atoms with van der Waals surface area (Å²) in [5.74, 6) is -1.37. The molecule has 0 saturated heterocycles. The zero-order valence-corrected chi connectivity index (χ0v) is 24.7. The highest BCUT2D eigenvalue weighted by Gasteiger charge is 2.22. The molecule has 0 fully saturated rings. The van der Waals surface area contributed by atoms with Crippen molar-refractivity contribution in [3.8, 4) is 17.3 Å². The summed E-state index contributed by atoms with van der Waals surface area (Å²) >= 11 is 6.01. The average molecular weight is 574 g/mol. The van der Waals surface area contributed by atoms with Crippen LogP contribution in [0.25, 0.3) is 11.3 Å². The van der Waals surface area contributed by atoms with E-state index in [2.05, 4.69) is 35.0 Å². The van der Waals surface area contributed by atoms with Gasteiger partial charge < -0.3 is 19.5 Å². The van der Waals surface area contributed by atoms with Crippen molar-refractivity contribution in [3.63, 3.8) is 0 Å². The molecule has 0 aliphatic carbocycles. The first kappa shape index (κ1) is 30.0. The van der Waals surface area contributed by atoms with Crippen molar-refractivity contribution in [1.29, 1.82) is 5.26 Å². The SMILES string of the molecule is CC(Cn1ccc(-c2cc(F)c(C#N)c(Cl)c2)n1)NC(=O)c1cn(COCC[Si](C)(C)C)c(C(=O)N(C)C)n1. The number of carbonyl (C=O) groups is 2. The van der Waals surface area contributed by atoms with Gasteiger partial charge in [0.2, 0.25) is 5.82 Å². The molecule has 0 spiro atoms. The van der Waals surface area contributed by atoms with Crippen LogP contribution in [-0.2, 0) is 18.0 Å². The standard InChI is InChI=1S/C26H33ClFN7O3Si/c1-17(14-35-8-7-22(32-35)18-11-20(27)19(13-29)21(28)12-18)30-25(36)23-15-34(16-38-9-10-39(4,5)6)24(31-23)26(37)33(2)3/h7-8,11-12,15,17H,9-10,14,16H2,1-6H3,(H,30,36). The fraction of sp³-hybridized carbons (Fsp3) is 0.423. The zero-order valence-electron chi connectivity index (χ0n) is 23.0. The second kappa shape index (κ2) is 12.5.